The maximum Gasteiger partial charge on any atom is 0.312 e. The summed E-state index contributed by atoms with van der Waals surface area (Å²) < 4.78 is 5.40. The van der Waals surface area contributed by atoms with Crippen molar-refractivity contribution in [1.29, 1.82) is 0 Å². The van der Waals surface area contributed by atoms with E-state index in [0.29, 0.717) is 17.0 Å². The number of nitrogens with one attached hydrogen (secondary N) is 1. The van der Waals surface area contributed by atoms with Gasteiger partial charge in [-0.25, -0.2) is 0 Å². The molecule has 0 bridgehead atoms. The number of rotatable bonds is 7. The fraction of sp³-hybridized carbons (Fsp3) is 0.273. The molecule has 0 aliphatic carbocycles. The van der Waals surface area contributed by atoms with Gasteiger partial charge in [0.15, 0.2) is 6.10 Å². The summed E-state index contributed by atoms with van der Waals surface area (Å²) in [5, 5.41) is 1.57. The summed E-state index contributed by atoms with van der Waals surface area (Å²) in [5.41, 5.74) is 3.12. The van der Waals surface area contributed by atoms with Gasteiger partial charge in [0.2, 0.25) is 11.7 Å². The van der Waals surface area contributed by atoms with Crippen LogP contribution in [0.3, 0.4) is 0 Å². The Bertz CT molecular complexity index is 1010. The van der Waals surface area contributed by atoms with E-state index in [9.17, 15) is 19.2 Å². The molecule has 0 unspecified atom stereocenters. The van der Waals surface area contributed by atoms with Gasteiger partial charge in [-0.15, -0.1) is 0 Å². The van der Waals surface area contributed by atoms with E-state index in [-0.39, 0.29) is 29.3 Å². The zero-order valence-corrected chi connectivity index (χ0v) is 18.2. The summed E-state index contributed by atoms with van der Waals surface area (Å²) in [4.78, 5) is 49.8. The third-order valence-corrected chi connectivity index (χ3v) is 5.60. The van der Waals surface area contributed by atoms with Gasteiger partial charge in [-0.3, -0.25) is 29.6 Å². The molecular weight excluding hydrogens is 443 g/mol. The predicted molar refractivity (Wildman–Crippen MR) is 115 cm³/mol. The minimum Gasteiger partial charge on any atom is -0.454 e. The molecule has 9 heteroatoms. The van der Waals surface area contributed by atoms with Gasteiger partial charge in [0.05, 0.1) is 22.5 Å². The Hall–Kier alpha value is -2.90. The van der Waals surface area contributed by atoms with Crippen molar-refractivity contribution >= 4 is 46.8 Å². The molecular formula is C22H20Cl2N2O5. The number of ketones is 1. The highest BCUT2D eigenvalue weighted by molar-refractivity contribution is 6.42. The first-order chi connectivity index (χ1) is 14.8. The topological polar surface area (TPSA) is 92.8 Å². The summed E-state index contributed by atoms with van der Waals surface area (Å²) in [6.07, 6.45) is -0.765. The number of benzene rings is 2. The van der Waals surface area contributed by atoms with Crippen molar-refractivity contribution in [3.05, 3.63) is 69.7 Å². The van der Waals surface area contributed by atoms with E-state index in [1.807, 2.05) is 0 Å². The van der Waals surface area contributed by atoms with Crippen LogP contribution in [-0.2, 0) is 14.3 Å². The van der Waals surface area contributed by atoms with Crippen molar-refractivity contribution in [1.82, 2.24) is 10.4 Å². The minimum absolute atomic E-state index is 0.0549. The van der Waals surface area contributed by atoms with Crippen LogP contribution in [0.25, 0.3) is 0 Å². The van der Waals surface area contributed by atoms with Crippen LogP contribution in [-0.4, -0.2) is 41.2 Å². The lowest BCUT2D eigenvalue weighted by Gasteiger charge is -2.19. The molecule has 2 atom stereocenters. The van der Waals surface area contributed by atoms with Crippen molar-refractivity contribution in [3.8, 4) is 0 Å². The zero-order valence-electron chi connectivity index (χ0n) is 16.6. The molecule has 1 heterocycles. The van der Waals surface area contributed by atoms with Gasteiger partial charge in [-0.1, -0.05) is 60.5 Å². The molecule has 1 aliphatic heterocycles. The van der Waals surface area contributed by atoms with Crippen molar-refractivity contribution in [3.63, 3.8) is 0 Å². The van der Waals surface area contributed by atoms with Crippen LogP contribution in [0.15, 0.2) is 48.5 Å². The smallest absolute Gasteiger partial charge is 0.312 e. The number of ether oxygens (including phenoxy) is 1. The highest BCUT2D eigenvalue weighted by Crippen LogP contribution is 2.23. The van der Waals surface area contributed by atoms with E-state index in [2.05, 4.69) is 5.43 Å². The van der Waals surface area contributed by atoms with Gasteiger partial charge < -0.3 is 4.74 Å². The monoisotopic (exact) mass is 462 g/mol. The maximum absolute atomic E-state index is 12.6. The van der Waals surface area contributed by atoms with E-state index >= 15 is 0 Å². The van der Waals surface area contributed by atoms with Crippen LogP contribution in [0.5, 0.6) is 0 Å². The maximum atomic E-state index is 12.6. The number of esters is 1. The Kier molecular flexibility index (Phi) is 7.30. The molecule has 0 radical (unpaired) electrons. The molecule has 3 rings (SSSR count). The van der Waals surface area contributed by atoms with Crippen molar-refractivity contribution in [2.75, 3.05) is 6.54 Å². The second-order valence-corrected chi connectivity index (χ2v) is 7.85. The fourth-order valence-electron chi connectivity index (χ4n) is 3.15. The number of hydrogen-bond acceptors (Lipinski definition) is 5. The molecule has 1 saturated heterocycles. The number of carbonyl (C=O) groups excluding carboxylic acids is 4. The van der Waals surface area contributed by atoms with E-state index < -0.39 is 29.8 Å². The second kappa shape index (κ2) is 9.94. The van der Waals surface area contributed by atoms with Crippen LogP contribution in [0.2, 0.25) is 10.0 Å². The van der Waals surface area contributed by atoms with Crippen molar-refractivity contribution in [2.24, 2.45) is 5.92 Å². The van der Waals surface area contributed by atoms with Gasteiger partial charge >= 0.3 is 5.97 Å². The largest absolute Gasteiger partial charge is 0.454 e. The Morgan fingerprint density at radius 1 is 1.10 bits per heavy atom. The van der Waals surface area contributed by atoms with Crippen LogP contribution >= 0.6 is 23.2 Å². The van der Waals surface area contributed by atoms with E-state index in [1.54, 1.807) is 37.3 Å². The average molecular weight is 463 g/mol. The Morgan fingerprint density at radius 3 is 2.45 bits per heavy atom. The highest BCUT2D eigenvalue weighted by Gasteiger charge is 2.38. The lowest BCUT2D eigenvalue weighted by atomic mass is 10.0. The summed E-state index contributed by atoms with van der Waals surface area (Å²) in [5.74, 6) is -2.75. The van der Waals surface area contributed by atoms with E-state index in [0.717, 1.165) is 5.01 Å². The summed E-state index contributed by atoms with van der Waals surface area (Å²) in [6, 6.07) is 12.9. The Labute approximate surface area is 189 Å². The lowest BCUT2D eigenvalue weighted by molar-refractivity contribution is -0.151. The van der Waals surface area contributed by atoms with Crippen LogP contribution in [0.4, 0.5) is 0 Å². The molecule has 31 heavy (non-hydrogen) atoms. The fourth-order valence-corrected chi connectivity index (χ4v) is 3.44. The normalized spacial score (nSPS) is 16.7. The van der Waals surface area contributed by atoms with Gasteiger partial charge in [0.25, 0.3) is 5.91 Å². The van der Waals surface area contributed by atoms with Crippen molar-refractivity contribution < 1.29 is 23.9 Å². The van der Waals surface area contributed by atoms with Crippen LogP contribution in [0.1, 0.15) is 40.5 Å². The SMILES string of the molecule is CC[C@H](OC(=O)[C@H]1CC(=O)N(NC(=O)c2ccc(Cl)c(Cl)c2)C1)C(=O)c1ccccc1. The molecule has 2 aromatic carbocycles. The second-order valence-electron chi connectivity index (χ2n) is 7.04. The number of hydrogen-bond donors (Lipinski definition) is 1. The first-order valence-electron chi connectivity index (χ1n) is 9.66. The predicted octanol–water partition coefficient (Wildman–Crippen LogP) is 3.69. The molecule has 1 aliphatic rings. The molecule has 0 aromatic heterocycles. The first kappa shape index (κ1) is 22.8. The number of amides is 2. The zero-order chi connectivity index (χ0) is 22.5. The molecule has 0 spiro atoms. The minimum atomic E-state index is -0.940. The van der Waals surface area contributed by atoms with E-state index in [1.165, 1.54) is 18.2 Å². The molecule has 1 fully saturated rings. The van der Waals surface area contributed by atoms with Gasteiger partial charge in [0.1, 0.15) is 0 Å². The molecule has 2 aromatic rings. The Morgan fingerprint density at radius 2 is 1.81 bits per heavy atom. The molecule has 162 valence electrons. The average Bonchev–Trinajstić information content (AvgIpc) is 3.14. The number of halogens is 2. The molecule has 2 amide bonds. The third-order valence-electron chi connectivity index (χ3n) is 4.86. The summed E-state index contributed by atoms with van der Waals surface area (Å²) in [7, 11) is 0. The highest BCUT2D eigenvalue weighted by atomic mass is 35.5. The third kappa shape index (κ3) is 5.42. The first-order valence-corrected chi connectivity index (χ1v) is 10.4. The molecule has 0 saturated carbocycles. The number of Topliss-reactive ketones (excluding diaryl/α,β-unsaturated/α-hetero) is 1. The van der Waals surface area contributed by atoms with Crippen LogP contribution < -0.4 is 5.43 Å². The number of hydrazine groups is 1. The lowest BCUT2D eigenvalue weighted by Crippen LogP contribution is -2.43. The summed E-state index contributed by atoms with van der Waals surface area (Å²) in [6.45, 7) is 1.68. The standard InChI is InChI=1S/C22H20Cl2N2O5/c1-2-18(20(28)13-6-4-3-5-7-13)31-22(30)15-11-19(27)26(12-15)25-21(29)14-8-9-16(23)17(24)10-14/h3-10,15,18H,2,11-12H2,1H3,(H,25,29)/t15-,18-/m0/s1. The quantitative estimate of drug-likeness (QED) is 0.500. The molecule has 1 N–H and O–H groups in total. The van der Waals surface area contributed by atoms with Gasteiger partial charge in [-0.05, 0) is 24.6 Å². The summed E-state index contributed by atoms with van der Waals surface area (Å²) >= 11 is 11.8. The number of carbonyl (C=O) groups is 4. The molecule has 7 nitrogen and oxygen atoms in total. The van der Waals surface area contributed by atoms with Gasteiger partial charge in [0, 0.05) is 17.5 Å². The van der Waals surface area contributed by atoms with Gasteiger partial charge in [-0.2, -0.15) is 0 Å². The van der Waals surface area contributed by atoms with E-state index in [4.69, 9.17) is 27.9 Å². The van der Waals surface area contributed by atoms with Crippen molar-refractivity contribution in [2.45, 2.75) is 25.9 Å². The number of nitrogens with zero attached hydrogens (tertiary/aromatic N) is 1. The van der Waals surface area contributed by atoms with Crippen LogP contribution in [0, 0.1) is 5.92 Å². The Balaban J connectivity index is 1.60.